The van der Waals surface area contributed by atoms with E-state index < -0.39 is 0 Å². The van der Waals surface area contributed by atoms with Crippen molar-refractivity contribution in [2.75, 3.05) is 13.7 Å². The summed E-state index contributed by atoms with van der Waals surface area (Å²) in [5.74, 6) is 0.901. The Hall–Kier alpha value is -1.10. The second kappa shape index (κ2) is 3.98. The minimum Gasteiger partial charge on any atom is -0.496 e. The number of ether oxygens (including phenoxy) is 1. The van der Waals surface area contributed by atoms with E-state index in [1.54, 1.807) is 7.11 Å². The number of benzene rings is 1. The highest BCUT2D eigenvalue weighted by Gasteiger charge is 2.40. The standard InChI is InChI=1S/C13H18N2O2/c1-17-12-4-2-3-9-10(12)7-15-6-8(16)5-11(15)13(9)14/h2-4,8,11,13,16H,5-7,14H2,1H3. The molecule has 3 N–H and O–H groups in total. The fraction of sp³-hybridized carbons (Fsp3) is 0.538. The zero-order valence-corrected chi connectivity index (χ0v) is 9.97. The molecule has 2 aliphatic rings. The average Bonchev–Trinajstić information content (AvgIpc) is 2.70. The lowest BCUT2D eigenvalue weighted by Gasteiger charge is -2.36. The molecule has 0 bridgehead atoms. The molecule has 4 nitrogen and oxygen atoms in total. The van der Waals surface area contributed by atoms with Gasteiger partial charge in [-0.05, 0) is 18.1 Å². The predicted molar refractivity (Wildman–Crippen MR) is 64.7 cm³/mol. The highest BCUT2D eigenvalue weighted by molar-refractivity contribution is 5.44. The van der Waals surface area contributed by atoms with E-state index in [2.05, 4.69) is 11.0 Å². The Morgan fingerprint density at radius 2 is 2.29 bits per heavy atom. The van der Waals surface area contributed by atoms with Gasteiger partial charge in [0.15, 0.2) is 0 Å². The van der Waals surface area contributed by atoms with Gasteiger partial charge in [-0.2, -0.15) is 0 Å². The van der Waals surface area contributed by atoms with Crippen LogP contribution in [0.2, 0.25) is 0 Å². The third-order valence-corrected chi connectivity index (χ3v) is 3.95. The summed E-state index contributed by atoms with van der Waals surface area (Å²) in [6.07, 6.45) is 0.531. The molecule has 0 amide bonds. The van der Waals surface area contributed by atoms with E-state index in [-0.39, 0.29) is 18.2 Å². The molecule has 0 aliphatic carbocycles. The quantitative estimate of drug-likeness (QED) is 0.749. The molecule has 0 aromatic heterocycles. The molecule has 3 unspecified atom stereocenters. The summed E-state index contributed by atoms with van der Waals surface area (Å²) >= 11 is 0. The summed E-state index contributed by atoms with van der Waals surface area (Å²) < 4.78 is 5.39. The minimum atomic E-state index is -0.244. The number of aliphatic hydroxyl groups excluding tert-OH is 1. The molecular formula is C13H18N2O2. The van der Waals surface area contributed by atoms with Gasteiger partial charge in [0.1, 0.15) is 5.75 Å². The summed E-state index contributed by atoms with van der Waals surface area (Å²) in [6, 6.07) is 6.28. The second-order valence-electron chi connectivity index (χ2n) is 4.94. The number of hydrogen-bond donors (Lipinski definition) is 2. The van der Waals surface area contributed by atoms with Crippen molar-refractivity contribution in [3.8, 4) is 5.75 Å². The van der Waals surface area contributed by atoms with E-state index in [9.17, 15) is 5.11 Å². The largest absolute Gasteiger partial charge is 0.496 e. The van der Waals surface area contributed by atoms with Crippen LogP contribution >= 0.6 is 0 Å². The van der Waals surface area contributed by atoms with Crippen molar-refractivity contribution in [1.29, 1.82) is 0 Å². The van der Waals surface area contributed by atoms with Gasteiger partial charge in [0.25, 0.3) is 0 Å². The van der Waals surface area contributed by atoms with Gasteiger partial charge in [-0.3, -0.25) is 4.90 Å². The van der Waals surface area contributed by atoms with Crippen LogP contribution in [0.15, 0.2) is 18.2 Å². The van der Waals surface area contributed by atoms with Crippen LogP contribution in [0.25, 0.3) is 0 Å². The third-order valence-electron chi connectivity index (χ3n) is 3.95. The maximum absolute atomic E-state index is 9.75. The van der Waals surface area contributed by atoms with Crippen molar-refractivity contribution < 1.29 is 9.84 Å². The van der Waals surface area contributed by atoms with Crippen molar-refractivity contribution in [3.05, 3.63) is 29.3 Å². The SMILES string of the molecule is COc1cccc2c1CN1CC(O)CC1C2N. The van der Waals surface area contributed by atoms with Crippen LogP contribution in [-0.4, -0.2) is 35.8 Å². The first kappa shape index (κ1) is 11.0. The number of nitrogens with two attached hydrogens (primary N) is 1. The van der Waals surface area contributed by atoms with Gasteiger partial charge >= 0.3 is 0 Å². The van der Waals surface area contributed by atoms with Gasteiger partial charge < -0.3 is 15.6 Å². The molecule has 4 heteroatoms. The van der Waals surface area contributed by atoms with E-state index in [4.69, 9.17) is 10.5 Å². The highest BCUT2D eigenvalue weighted by Crippen LogP contribution is 2.39. The zero-order valence-electron chi connectivity index (χ0n) is 9.97. The van der Waals surface area contributed by atoms with Gasteiger partial charge in [-0.1, -0.05) is 12.1 Å². The van der Waals surface area contributed by atoms with Crippen LogP contribution in [0, 0.1) is 0 Å². The summed E-state index contributed by atoms with van der Waals surface area (Å²) in [5, 5.41) is 9.75. The van der Waals surface area contributed by atoms with Gasteiger partial charge in [-0.15, -0.1) is 0 Å². The molecule has 1 aromatic rings. The van der Waals surface area contributed by atoms with Gasteiger partial charge in [0.2, 0.25) is 0 Å². The van der Waals surface area contributed by atoms with Crippen molar-refractivity contribution in [3.63, 3.8) is 0 Å². The molecule has 1 aromatic carbocycles. The third kappa shape index (κ3) is 1.64. The van der Waals surface area contributed by atoms with Gasteiger partial charge in [-0.25, -0.2) is 0 Å². The maximum Gasteiger partial charge on any atom is 0.123 e. The van der Waals surface area contributed by atoms with E-state index in [0.717, 1.165) is 25.3 Å². The Labute approximate surface area is 101 Å². The number of methoxy groups -OCH3 is 1. The van der Waals surface area contributed by atoms with Gasteiger partial charge in [0, 0.05) is 30.7 Å². The first-order valence-corrected chi connectivity index (χ1v) is 6.04. The highest BCUT2D eigenvalue weighted by atomic mass is 16.5. The lowest BCUT2D eigenvalue weighted by atomic mass is 9.89. The zero-order chi connectivity index (χ0) is 12.0. The maximum atomic E-state index is 9.75. The minimum absolute atomic E-state index is 0.0222. The Bertz CT molecular complexity index is 435. The van der Waals surface area contributed by atoms with Crippen LogP contribution in [0.4, 0.5) is 0 Å². The fourth-order valence-corrected chi connectivity index (χ4v) is 3.13. The topological polar surface area (TPSA) is 58.7 Å². The van der Waals surface area contributed by atoms with Crippen molar-refractivity contribution in [2.24, 2.45) is 5.73 Å². The lowest BCUT2D eigenvalue weighted by molar-refractivity contribution is 0.165. The van der Waals surface area contributed by atoms with Crippen LogP contribution in [0.5, 0.6) is 5.75 Å². The van der Waals surface area contributed by atoms with E-state index >= 15 is 0 Å². The van der Waals surface area contributed by atoms with Gasteiger partial charge in [0.05, 0.1) is 13.2 Å². The number of aliphatic hydroxyl groups is 1. The molecule has 3 atom stereocenters. The summed E-state index contributed by atoms with van der Waals surface area (Å²) in [5.41, 5.74) is 8.65. The smallest absolute Gasteiger partial charge is 0.123 e. The van der Waals surface area contributed by atoms with Crippen molar-refractivity contribution in [2.45, 2.75) is 31.2 Å². The first-order chi connectivity index (χ1) is 8.20. The molecule has 2 aliphatic heterocycles. The molecule has 1 fully saturated rings. The molecule has 0 radical (unpaired) electrons. The average molecular weight is 234 g/mol. The lowest BCUT2D eigenvalue weighted by Crippen LogP contribution is -2.42. The molecule has 0 spiro atoms. The number of hydrogen-bond acceptors (Lipinski definition) is 4. The molecule has 0 saturated carbocycles. The summed E-state index contributed by atoms with van der Waals surface area (Å²) in [4.78, 5) is 2.26. The van der Waals surface area contributed by atoms with Crippen LogP contribution in [0.1, 0.15) is 23.6 Å². The van der Waals surface area contributed by atoms with E-state index in [1.807, 2.05) is 12.1 Å². The molecular weight excluding hydrogens is 216 g/mol. The molecule has 1 saturated heterocycles. The monoisotopic (exact) mass is 234 g/mol. The van der Waals surface area contributed by atoms with Crippen LogP contribution < -0.4 is 10.5 Å². The van der Waals surface area contributed by atoms with Crippen molar-refractivity contribution >= 4 is 0 Å². The second-order valence-corrected chi connectivity index (χ2v) is 4.94. The Kier molecular flexibility index (Phi) is 2.58. The number of nitrogens with zero attached hydrogens (tertiary/aromatic N) is 1. The normalized spacial score (nSPS) is 32.1. The first-order valence-electron chi connectivity index (χ1n) is 6.04. The summed E-state index contributed by atoms with van der Waals surface area (Å²) in [6.45, 7) is 1.55. The fourth-order valence-electron chi connectivity index (χ4n) is 3.13. The molecule has 92 valence electrons. The van der Waals surface area contributed by atoms with E-state index in [0.29, 0.717) is 0 Å². The number of fused-ring (bicyclic) bond motifs is 2. The Morgan fingerprint density at radius 1 is 1.47 bits per heavy atom. The van der Waals surface area contributed by atoms with Crippen molar-refractivity contribution in [1.82, 2.24) is 4.90 Å². The Morgan fingerprint density at radius 3 is 3.06 bits per heavy atom. The van der Waals surface area contributed by atoms with Crippen LogP contribution in [-0.2, 0) is 6.54 Å². The molecule has 3 rings (SSSR count). The summed E-state index contributed by atoms with van der Waals surface area (Å²) in [7, 11) is 1.69. The number of rotatable bonds is 1. The van der Waals surface area contributed by atoms with E-state index in [1.165, 1.54) is 11.1 Å². The molecule has 2 heterocycles. The molecule has 17 heavy (non-hydrogen) atoms. The predicted octanol–water partition coefficient (Wildman–Crippen LogP) is 0.644. The Balaban J connectivity index is 2.02. The van der Waals surface area contributed by atoms with Crippen LogP contribution in [0.3, 0.4) is 0 Å².